The Morgan fingerprint density at radius 3 is 2.31 bits per heavy atom. The topological polar surface area (TPSA) is 133 Å². The smallest absolute Gasteiger partial charge is 0.224 e. The number of aromatic nitrogens is 1. The number of ketones is 2. The summed E-state index contributed by atoms with van der Waals surface area (Å²) in [5.41, 5.74) is 7.62. The Morgan fingerprint density at radius 2 is 1.65 bits per heavy atom. The number of thiazole rings is 1. The van der Waals surface area contributed by atoms with E-state index < -0.39 is 5.92 Å². The van der Waals surface area contributed by atoms with Gasteiger partial charge in [0.25, 0.3) is 0 Å². The Morgan fingerprint density at radius 1 is 0.961 bits per heavy atom. The Bertz CT molecular complexity index is 1340. The molecule has 0 bridgehead atoms. The zero-order valence-electron chi connectivity index (χ0n) is 31.5. The highest BCUT2D eigenvalue weighted by molar-refractivity contribution is 7.18. The highest BCUT2D eigenvalue weighted by Crippen LogP contribution is 2.31. The van der Waals surface area contributed by atoms with Gasteiger partial charge in [-0.2, -0.15) is 0 Å². The van der Waals surface area contributed by atoms with Crippen molar-refractivity contribution in [1.29, 1.82) is 0 Å². The van der Waals surface area contributed by atoms with E-state index in [1.807, 2.05) is 6.92 Å². The van der Waals surface area contributed by atoms with Crippen molar-refractivity contribution in [2.45, 2.75) is 110 Å². The Labute approximate surface area is 309 Å². The first-order chi connectivity index (χ1) is 24.8. The number of benzene rings is 1. The van der Waals surface area contributed by atoms with E-state index in [4.69, 9.17) is 24.9 Å². The number of Topliss-reactive ketones (excluding diaryl/α,β-unsaturated/α-hetero) is 2. The van der Waals surface area contributed by atoms with E-state index in [2.05, 4.69) is 42.3 Å². The van der Waals surface area contributed by atoms with Gasteiger partial charge in [-0.05, 0) is 74.7 Å². The third-order valence-corrected chi connectivity index (χ3v) is 11.7. The molecule has 0 radical (unpaired) electrons. The van der Waals surface area contributed by atoms with Crippen molar-refractivity contribution in [3.8, 4) is 0 Å². The third-order valence-electron chi connectivity index (χ3n) is 10.6. The molecule has 0 unspecified atom stereocenters. The molecule has 286 valence electrons. The van der Waals surface area contributed by atoms with Crippen molar-refractivity contribution in [1.82, 2.24) is 15.2 Å². The van der Waals surface area contributed by atoms with Crippen LogP contribution in [-0.2, 0) is 35.0 Å². The van der Waals surface area contributed by atoms with E-state index in [0.717, 1.165) is 73.4 Å². The summed E-state index contributed by atoms with van der Waals surface area (Å²) in [6.45, 7) is 12.8. The maximum atomic E-state index is 14.0. The van der Waals surface area contributed by atoms with Gasteiger partial charge in [-0.3, -0.25) is 14.4 Å². The molecule has 2 heterocycles. The number of fused-ring (bicyclic) bond motifs is 1. The minimum absolute atomic E-state index is 0.0513. The Balaban J connectivity index is 1.26. The average Bonchev–Trinajstić information content (AvgIpc) is 3.55. The second-order valence-corrected chi connectivity index (χ2v) is 15.9. The zero-order chi connectivity index (χ0) is 36.4. The lowest BCUT2D eigenvalue weighted by atomic mass is 9.80. The fraction of sp³-hybridized carbons (Fsp3) is 0.750. The quantitative estimate of drug-likeness (QED) is 0.123. The molecule has 2 atom stereocenters. The lowest BCUT2D eigenvalue weighted by molar-refractivity contribution is -0.130. The summed E-state index contributed by atoms with van der Waals surface area (Å²) in [6, 6.07) is 6.34. The normalized spacial score (nSPS) is 17.6. The number of nitrogens with zero attached hydrogens (tertiary/aromatic N) is 2. The van der Waals surface area contributed by atoms with Crippen LogP contribution in [0, 0.1) is 17.8 Å². The van der Waals surface area contributed by atoms with Gasteiger partial charge in [0.1, 0.15) is 11.6 Å². The lowest BCUT2D eigenvalue weighted by Gasteiger charge is -2.33. The van der Waals surface area contributed by atoms with Crippen molar-refractivity contribution in [2.75, 3.05) is 65.8 Å². The maximum Gasteiger partial charge on any atom is 0.224 e. The number of nitrogens with two attached hydrogens (primary N) is 1. The molecule has 1 aliphatic carbocycles. The van der Waals surface area contributed by atoms with Crippen molar-refractivity contribution in [2.24, 2.45) is 23.5 Å². The number of piperidine rings is 1. The van der Waals surface area contributed by atoms with Crippen LogP contribution in [0.4, 0.5) is 0 Å². The van der Waals surface area contributed by atoms with Crippen LogP contribution in [0.15, 0.2) is 18.2 Å². The van der Waals surface area contributed by atoms with Crippen LogP contribution in [0.3, 0.4) is 0 Å². The average molecular weight is 729 g/mol. The second kappa shape index (κ2) is 22.7. The SMILES string of the molecule is CCC(=O)C[C@@H](Cc1nc2ccc(C(C)C)cc2s1)C(=O)N[C@H](CCC(=O)C1CCN(CCOCCOCCOCCN)CC1)C1CCCCC1. The summed E-state index contributed by atoms with van der Waals surface area (Å²) >= 11 is 1.63. The zero-order valence-corrected chi connectivity index (χ0v) is 32.3. The first-order valence-corrected chi connectivity index (χ1v) is 20.5. The standard InChI is InChI=1S/C40H64N4O6S/c1-4-34(45)26-33(28-39-42-36-11-10-32(29(2)3)27-38(36)51-39)40(47)43-35(30-8-6-5-7-9-30)12-13-37(46)31-14-17-44(18-15-31)19-21-49-23-25-50-24-22-48-20-16-41/h10-11,27,29-31,33,35H,4-9,12-26,28,41H2,1-3H3,(H,43,47)/t33-,35+/m0/s1. The van der Waals surface area contributed by atoms with Gasteiger partial charge in [0.05, 0.1) is 60.8 Å². The highest BCUT2D eigenvalue weighted by atomic mass is 32.1. The molecule has 3 N–H and O–H groups in total. The predicted molar refractivity (Wildman–Crippen MR) is 204 cm³/mol. The predicted octanol–water partition coefficient (Wildman–Crippen LogP) is 6.08. The number of rotatable bonds is 24. The van der Waals surface area contributed by atoms with Crippen molar-refractivity contribution >= 4 is 39.0 Å². The number of hydrogen-bond donors (Lipinski definition) is 2. The van der Waals surface area contributed by atoms with Crippen LogP contribution >= 0.6 is 11.3 Å². The highest BCUT2D eigenvalue weighted by Gasteiger charge is 2.31. The van der Waals surface area contributed by atoms with Gasteiger partial charge in [-0.25, -0.2) is 4.98 Å². The maximum absolute atomic E-state index is 14.0. The van der Waals surface area contributed by atoms with Crippen LogP contribution in [-0.4, -0.2) is 99.2 Å². The number of amides is 1. The summed E-state index contributed by atoms with van der Waals surface area (Å²) < 4.78 is 17.7. The van der Waals surface area contributed by atoms with E-state index in [1.165, 1.54) is 12.0 Å². The van der Waals surface area contributed by atoms with E-state index in [0.29, 0.717) is 89.5 Å². The fourth-order valence-electron chi connectivity index (χ4n) is 7.38. The number of ether oxygens (including phenoxy) is 3. The molecular formula is C40H64N4O6S. The number of hydrogen-bond acceptors (Lipinski definition) is 10. The third kappa shape index (κ3) is 14.2. The van der Waals surface area contributed by atoms with Crippen LogP contribution < -0.4 is 11.1 Å². The minimum atomic E-state index is -0.466. The van der Waals surface area contributed by atoms with Crippen molar-refractivity contribution in [3.05, 3.63) is 28.8 Å². The molecule has 1 aliphatic heterocycles. The molecule has 1 aromatic carbocycles. The molecule has 1 saturated heterocycles. The number of carbonyl (C=O) groups is 3. The molecular weight excluding hydrogens is 665 g/mol. The fourth-order valence-corrected chi connectivity index (χ4v) is 8.48. The van der Waals surface area contributed by atoms with Crippen molar-refractivity contribution < 1.29 is 28.6 Å². The molecule has 2 aliphatic rings. The largest absolute Gasteiger partial charge is 0.378 e. The summed E-state index contributed by atoms with van der Waals surface area (Å²) in [5, 5.41) is 4.30. The second-order valence-electron chi connectivity index (χ2n) is 14.7. The summed E-state index contributed by atoms with van der Waals surface area (Å²) in [7, 11) is 0. The van der Waals surface area contributed by atoms with Gasteiger partial charge in [-0.1, -0.05) is 46.1 Å². The first kappa shape index (κ1) is 41.5. The molecule has 10 nitrogen and oxygen atoms in total. The molecule has 1 saturated carbocycles. The minimum Gasteiger partial charge on any atom is -0.378 e. The number of nitrogens with one attached hydrogen (secondary N) is 1. The summed E-state index contributed by atoms with van der Waals surface area (Å²) in [5.74, 6) is 0.747. The van der Waals surface area contributed by atoms with Crippen LogP contribution in [0.5, 0.6) is 0 Å². The molecule has 2 aromatic rings. The van der Waals surface area contributed by atoms with Crippen LogP contribution in [0.25, 0.3) is 10.2 Å². The van der Waals surface area contributed by atoms with Gasteiger partial charge in [0.2, 0.25) is 5.91 Å². The number of carbonyl (C=O) groups excluding carboxylic acids is 3. The van der Waals surface area contributed by atoms with Gasteiger partial charge in [0.15, 0.2) is 0 Å². The van der Waals surface area contributed by atoms with Gasteiger partial charge >= 0.3 is 0 Å². The Hall–Kier alpha value is -2.28. The molecule has 51 heavy (non-hydrogen) atoms. The number of likely N-dealkylation sites (tertiary alicyclic amines) is 1. The Kier molecular flexibility index (Phi) is 18.5. The lowest BCUT2D eigenvalue weighted by Crippen LogP contribution is -2.45. The molecule has 11 heteroatoms. The van der Waals surface area contributed by atoms with E-state index in [1.54, 1.807) is 11.3 Å². The van der Waals surface area contributed by atoms with Crippen LogP contribution in [0.1, 0.15) is 108 Å². The molecule has 0 spiro atoms. The molecule has 4 rings (SSSR count). The van der Waals surface area contributed by atoms with Gasteiger partial charge in [0, 0.05) is 50.7 Å². The molecule has 2 fully saturated rings. The van der Waals surface area contributed by atoms with E-state index in [-0.39, 0.29) is 30.1 Å². The molecule has 1 aromatic heterocycles. The van der Waals surface area contributed by atoms with Gasteiger partial charge < -0.3 is 30.2 Å². The van der Waals surface area contributed by atoms with E-state index in [9.17, 15) is 14.4 Å². The summed E-state index contributed by atoms with van der Waals surface area (Å²) in [6.07, 6.45) is 9.66. The van der Waals surface area contributed by atoms with E-state index >= 15 is 0 Å². The summed E-state index contributed by atoms with van der Waals surface area (Å²) in [4.78, 5) is 47.4. The molecule has 1 amide bonds. The first-order valence-electron chi connectivity index (χ1n) is 19.7. The van der Waals surface area contributed by atoms with Crippen LogP contribution in [0.2, 0.25) is 0 Å². The van der Waals surface area contributed by atoms with Crippen molar-refractivity contribution in [3.63, 3.8) is 0 Å². The monoisotopic (exact) mass is 728 g/mol. The van der Waals surface area contributed by atoms with Gasteiger partial charge in [-0.15, -0.1) is 11.3 Å².